The van der Waals surface area contributed by atoms with Crippen molar-refractivity contribution in [1.82, 2.24) is 24.0 Å². The number of amides is 1. The summed E-state index contributed by atoms with van der Waals surface area (Å²) in [7, 11) is 2.98. The summed E-state index contributed by atoms with van der Waals surface area (Å²) in [5, 5.41) is 3.11. The van der Waals surface area contributed by atoms with E-state index in [4.69, 9.17) is 0 Å². The lowest BCUT2D eigenvalue weighted by atomic mass is 10.0. The van der Waals surface area contributed by atoms with Crippen molar-refractivity contribution in [1.29, 1.82) is 0 Å². The minimum absolute atomic E-state index is 0.0287. The molecule has 0 aliphatic heterocycles. The normalized spacial score (nSPS) is 15.0. The summed E-state index contributed by atoms with van der Waals surface area (Å²) < 4.78 is 3.84. The maximum atomic E-state index is 12.7. The number of benzene rings is 1. The number of carbonyl (C=O) groups is 1. The average Bonchev–Trinajstić information content (AvgIpc) is 3.44. The largest absolute Gasteiger partial charge is 0.347 e. The number of carbonyl (C=O) groups excluding carboxylic acids is 1. The van der Waals surface area contributed by atoms with Gasteiger partial charge in [-0.25, -0.2) is 9.78 Å². The third kappa shape index (κ3) is 3.15. The SMILES string of the molecule is Cc1ccc(C(NC(=O)Cn2cnc3c2c(=O)n(C)c(=O)n3C)C2CC2)cc1. The summed E-state index contributed by atoms with van der Waals surface area (Å²) >= 11 is 0. The molecule has 3 aromatic rings. The van der Waals surface area contributed by atoms with Crippen LogP contribution >= 0.6 is 0 Å². The van der Waals surface area contributed by atoms with Gasteiger partial charge < -0.3 is 9.88 Å². The zero-order valence-electron chi connectivity index (χ0n) is 16.2. The molecule has 4 rings (SSSR count). The van der Waals surface area contributed by atoms with Crippen molar-refractivity contribution >= 4 is 17.1 Å². The number of aryl methyl sites for hydroxylation is 2. The number of nitrogens with zero attached hydrogens (tertiary/aromatic N) is 4. The van der Waals surface area contributed by atoms with Crippen molar-refractivity contribution in [3.8, 4) is 0 Å². The van der Waals surface area contributed by atoms with Gasteiger partial charge >= 0.3 is 5.69 Å². The Morgan fingerprint density at radius 2 is 1.86 bits per heavy atom. The molecule has 1 fully saturated rings. The van der Waals surface area contributed by atoms with Crippen LogP contribution in [0.4, 0.5) is 0 Å². The van der Waals surface area contributed by atoms with E-state index < -0.39 is 11.2 Å². The molecule has 1 aliphatic rings. The van der Waals surface area contributed by atoms with Gasteiger partial charge in [0, 0.05) is 14.1 Å². The molecule has 0 bridgehead atoms. The maximum Gasteiger partial charge on any atom is 0.332 e. The fourth-order valence-corrected chi connectivity index (χ4v) is 3.57. The van der Waals surface area contributed by atoms with Crippen molar-refractivity contribution in [2.45, 2.75) is 32.4 Å². The molecule has 1 N–H and O–H groups in total. The van der Waals surface area contributed by atoms with Gasteiger partial charge in [0.05, 0.1) is 12.4 Å². The predicted molar refractivity (Wildman–Crippen MR) is 105 cm³/mol. The number of hydrogen-bond acceptors (Lipinski definition) is 4. The minimum Gasteiger partial charge on any atom is -0.347 e. The Labute approximate surface area is 161 Å². The smallest absolute Gasteiger partial charge is 0.332 e. The maximum absolute atomic E-state index is 12.7. The Bertz CT molecular complexity index is 1170. The van der Waals surface area contributed by atoms with E-state index in [0.29, 0.717) is 5.92 Å². The Morgan fingerprint density at radius 1 is 1.18 bits per heavy atom. The van der Waals surface area contributed by atoms with Crippen molar-refractivity contribution in [3.05, 3.63) is 62.6 Å². The summed E-state index contributed by atoms with van der Waals surface area (Å²) in [4.78, 5) is 41.5. The molecule has 1 aromatic carbocycles. The highest BCUT2D eigenvalue weighted by Gasteiger charge is 2.33. The van der Waals surface area contributed by atoms with Gasteiger partial charge in [0.25, 0.3) is 5.56 Å². The van der Waals surface area contributed by atoms with Gasteiger partial charge in [0.2, 0.25) is 5.91 Å². The average molecular weight is 381 g/mol. The van der Waals surface area contributed by atoms with Crippen molar-refractivity contribution in [3.63, 3.8) is 0 Å². The highest BCUT2D eigenvalue weighted by molar-refractivity contribution is 5.79. The quantitative estimate of drug-likeness (QED) is 0.714. The minimum atomic E-state index is -0.458. The van der Waals surface area contributed by atoms with Crippen LogP contribution in [0.1, 0.15) is 30.0 Å². The van der Waals surface area contributed by atoms with Crippen molar-refractivity contribution in [2.75, 3.05) is 0 Å². The van der Waals surface area contributed by atoms with E-state index in [-0.39, 0.29) is 29.7 Å². The molecule has 8 nitrogen and oxygen atoms in total. The standard InChI is InChI=1S/C20H23N5O3/c1-12-4-6-13(7-5-12)16(14-8-9-14)22-15(26)10-25-11-21-18-17(25)19(27)24(3)20(28)23(18)2/h4-7,11,14,16H,8-10H2,1-3H3,(H,22,26). The van der Waals surface area contributed by atoms with Gasteiger partial charge in [0.1, 0.15) is 6.54 Å². The van der Waals surface area contributed by atoms with Gasteiger partial charge in [-0.2, -0.15) is 0 Å². The Balaban J connectivity index is 1.61. The Hall–Kier alpha value is -3.16. The predicted octanol–water partition coefficient (Wildman–Crippen LogP) is 1.01. The topological polar surface area (TPSA) is 90.9 Å². The van der Waals surface area contributed by atoms with Crippen LogP contribution < -0.4 is 16.6 Å². The molecule has 2 heterocycles. The van der Waals surface area contributed by atoms with Crippen LogP contribution in [0.3, 0.4) is 0 Å². The zero-order chi connectivity index (χ0) is 20.0. The molecule has 1 unspecified atom stereocenters. The third-order valence-electron chi connectivity index (χ3n) is 5.38. The van der Waals surface area contributed by atoms with Crippen LogP contribution in [0.15, 0.2) is 40.2 Å². The molecular weight excluding hydrogens is 358 g/mol. The van der Waals surface area contributed by atoms with E-state index in [2.05, 4.69) is 22.4 Å². The summed E-state index contributed by atoms with van der Waals surface area (Å²) in [5.41, 5.74) is 1.89. The van der Waals surface area contributed by atoms with Gasteiger partial charge in [0.15, 0.2) is 11.2 Å². The lowest BCUT2D eigenvalue weighted by molar-refractivity contribution is -0.122. The molecule has 0 spiro atoms. The molecule has 0 saturated heterocycles. The second-order valence-electron chi connectivity index (χ2n) is 7.54. The first-order chi connectivity index (χ1) is 13.4. The molecule has 146 valence electrons. The van der Waals surface area contributed by atoms with Crippen LogP contribution in [-0.2, 0) is 25.4 Å². The first kappa shape index (κ1) is 18.2. The monoisotopic (exact) mass is 381 g/mol. The van der Waals surface area contributed by atoms with Crippen molar-refractivity contribution < 1.29 is 4.79 Å². The third-order valence-corrected chi connectivity index (χ3v) is 5.38. The first-order valence-electron chi connectivity index (χ1n) is 9.33. The number of hydrogen-bond donors (Lipinski definition) is 1. The molecule has 28 heavy (non-hydrogen) atoms. The van der Waals surface area contributed by atoms with Crippen molar-refractivity contribution in [2.24, 2.45) is 20.0 Å². The Kier molecular flexibility index (Phi) is 4.41. The molecule has 8 heteroatoms. The van der Waals surface area contributed by atoms with E-state index in [0.717, 1.165) is 23.0 Å². The number of imidazole rings is 1. The van der Waals surface area contributed by atoms with E-state index in [9.17, 15) is 14.4 Å². The molecule has 1 aliphatic carbocycles. The van der Waals surface area contributed by atoms with E-state index in [1.165, 1.54) is 28.1 Å². The molecular formula is C20H23N5O3. The molecule has 1 atom stereocenters. The Morgan fingerprint density at radius 3 is 2.50 bits per heavy atom. The number of fused-ring (bicyclic) bond motifs is 1. The zero-order valence-corrected chi connectivity index (χ0v) is 16.2. The fourth-order valence-electron chi connectivity index (χ4n) is 3.57. The van der Waals surface area contributed by atoms with Gasteiger partial charge in [-0.15, -0.1) is 0 Å². The first-order valence-corrected chi connectivity index (χ1v) is 9.33. The van der Waals surface area contributed by atoms with Gasteiger partial charge in [-0.3, -0.25) is 18.7 Å². The summed E-state index contributed by atoms with van der Waals surface area (Å²) in [6.07, 6.45) is 3.62. The highest BCUT2D eigenvalue weighted by Crippen LogP contribution is 2.41. The van der Waals surface area contributed by atoms with Gasteiger partial charge in [-0.1, -0.05) is 29.8 Å². The molecule has 2 aromatic heterocycles. The van der Waals surface area contributed by atoms with Crippen LogP contribution in [0, 0.1) is 12.8 Å². The van der Waals surface area contributed by atoms with Crippen LogP contribution in [-0.4, -0.2) is 24.6 Å². The number of aromatic nitrogens is 4. The second-order valence-corrected chi connectivity index (χ2v) is 7.54. The molecule has 0 radical (unpaired) electrons. The van der Waals surface area contributed by atoms with Crippen LogP contribution in [0.5, 0.6) is 0 Å². The van der Waals surface area contributed by atoms with E-state index >= 15 is 0 Å². The number of rotatable bonds is 5. The second kappa shape index (κ2) is 6.78. The molecule has 1 amide bonds. The van der Waals surface area contributed by atoms with Crippen LogP contribution in [0.2, 0.25) is 0 Å². The highest BCUT2D eigenvalue weighted by atomic mass is 16.2. The van der Waals surface area contributed by atoms with E-state index in [1.807, 2.05) is 19.1 Å². The fraction of sp³-hybridized carbons (Fsp3) is 0.400. The summed E-state index contributed by atoms with van der Waals surface area (Å²) in [6, 6.07) is 8.16. The number of nitrogens with one attached hydrogen (secondary N) is 1. The van der Waals surface area contributed by atoms with Crippen LogP contribution in [0.25, 0.3) is 11.2 Å². The lowest BCUT2D eigenvalue weighted by Gasteiger charge is -2.19. The molecule has 1 saturated carbocycles. The van der Waals surface area contributed by atoms with E-state index in [1.54, 1.807) is 7.05 Å². The summed E-state index contributed by atoms with van der Waals surface area (Å²) in [6.45, 7) is 2.01. The van der Waals surface area contributed by atoms with Gasteiger partial charge in [-0.05, 0) is 31.2 Å². The summed E-state index contributed by atoms with van der Waals surface area (Å²) in [5.74, 6) is 0.257. The lowest BCUT2D eigenvalue weighted by Crippen LogP contribution is -2.38.